The molecular weight excluding hydrogens is 275 g/mol. The molecule has 0 aliphatic rings. The van der Waals surface area contributed by atoms with Gasteiger partial charge >= 0.3 is 6.18 Å². The molecule has 0 atom stereocenters. The Balaban J connectivity index is 2.53. The lowest BCUT2D eigenvalue weighted by Gasteiger charge is -2.10. The molecule has 2 aromatic rings. The lowest BCUT2D eigenvalue weighted by molar-refractivity contribution is -0.137. The summed E-state index contributed by atoms with van der Waals surface area (Å²) in [4.78, 5) is 3.96. The Bertz CT molecular complexity index is 593. The normalized spacial score (nSPS) is 11.6. The molecule has 0 amide bonds. The second-order valence-corrected chi connectivity index (χ2v) is 4.50. The van der Waals surface area contributed by atoms with Crippen LogP contribution in [0.4, 0.5) is 13.2 Å². The molecule has 0 fully saturated rings. The van der Waals surface area contributed by atoms with Gasteiger partial charge in [0.15, 0.2) is 0 Å². The standard InChI is InChI=1S/C14H11ClF3N/c1-2-9-4-3-5-10(6-9)12-7-11(14(16,17)18)8-13(15)19-12/h3-8H,2H2,1H3. The predicted molar refractivity (Wildman–Crippen MR) is 69.1 cm³/mol. The van der Waals surface area contributed by atoms with Crippen LogP contribution in [0.25, 0.3) is 11.3 Å². The maximum atomic E-state index is 12.7. The summed E-state index contributed by atoms with van der Waals surface area (Å²) in [6, 6.07) is 9.09. The van der Waals surface area contributed by atoms with Gasteiger partial charge in [-0.15, -0.1) is 0 Å². The van der Waals surface area contributed by atoms with Gasteiger partial charge < -0.3 is 0 Å². The first-order chi connectivity index (χ1) is 8.90. The molecule has 1 aromatic heterocycles. The van der Waals surface area contributed by atoms with E-state index in [1.807, 2.05) is 19.1 Å². The molecular formula is C14H11ClF3N. The fourth-order valence-electron chi connectivity index (χ4n) is 1.76. The van der Waals surface area contributed by atoms with E-state index >= 15 is 0 Å². The van der Waals surface area contributed by atoms with E-state index in [2.05, 4.69) is 4.98 Å². The number of hydrogen-bond acceptors (Lipinski definition) is 1. The third-order valence-electron chi connectivity index (χ3n) is 2.75. The summed E-state index contributed by atoms with van der Waals surface area (Å²) in [5, 5.41) is -0.160. The number of aryl methyl sites for hydroxylation is 1. The molecule has 2 rings (SSSR count). The maximum absolute atomic E-state index is 12.7. The highest BCUT2D eigenvalue weighted by Gasteiger charge is 2.31. The monoisotopic (exact) mass is 285 g/mol. The Morgan fingerprint density at radius 1 is 1.16 bits per heavy atom. The van der Waals surface area contributed by atoms with Gasteiger partial charge in [-0.05, 0) is 30.2 Å². The van der Waals surface area contributed by atoms with Crippen LogP contribution in [0.1, 0.15) is 18.1 Å². The molecule has 1 heterocycles. The lowest BCUT2D eigenvalue weighted by Crippen LogP contribution is -2.05. The number of benzene rings is 1. The van der Waals surface area contributed by atoms with Crippen LogP contribution in [0.3, 0.4) is 0 Å². The van der Waals surface area contributed by atoms with Crippen molar-refractivity contribution in [2.75, 3.05) is 0 Å². The number of pyridine rings is 1. The van der Waals surface area contributed by atoms with E-state index in [4.69, 9.17) is 11.6 Å². The Kier molecular flexibility index (Phi) is 3.80. The molecule has 19 heavy (non-hydrogen) atoms. The Morgan fingerprint density at radius 2 is 1.89 bits per heavy atom. The topological polar surface area (TPSA) is 12.9 Å². The summed E-state index contributed by atoms with van der Waals surface area (Å²) < 4.78 is 38.2. The zero-order valence-electron chi connectivity index (χ0n) is 10.1. The first-order valence-corrected chi connectivity index (χ1v) is 6.12. The van der Waals surface area contributed by atoms with Crippen molar-refractivity contribution in [2.45, 2.75) is 19.5 Å². The van der Waals surface area contributed by atoms with Crippen molar-refractivity contribution in [3.8, 4) is 11.3 Å². The fraction of sp³-hybridized carbons (Fsp3) is 0.214. The summed E-state index contributed by atoms with van der Waals surface area (Å²) in [7, 11) is 0. The number of hydrogen-bond donors (Lipinski definition) is 0. The fourth-order valence-corrected chi connectivity index (χ4v) is 1.97. The minimum atomic E-state index is -4.43. The van der Waals surface area contributed by atoms with Crippen molar-refractivity contribution < 1.29 is 13.2 Å². The summed E-state index contributed by atoms with van der Waals surface area (Å²) in [5.41, 5.74) is 1.11. The van der Waals surface area contributed by atoms with E-state index in [1.165, 1.54) is 0 Å². The molecule has 1 aromatic carbocycles. The van der Waals surface area contributed by atoms with Crippen LogP contribution >= 0.6 is 11.6 Å². The number of alkyl halides is 3. The van der Waals surface area contributed by atoms with Crippen LogP contribution in [-0.2, 0) is 12.6 Å². The number of nitrogens with zero attached hydrogens (tertiary/aromatic N) is 1. The van der Waals surface area contributed by atoms with Crippen LogP contribution in [0.15, 0.2) is 36.4 Å². The van der Waals surface area contributed by atoms with Gasteiger partial charge in [-0.25, -0.2) is 4.98 Å². The molecule has 0 aliphatic carbocycles. The molecule has 0 unspecified atom stereocenters. The number of aromatic nitrogens is 1. The van der Waals surface area contributed by atoms with E-state index in [-0.39, 0.29) is 10.8 Å². The molecule has 0 radical (unpaired) electrons. The molecule has 100 valence electrons. The average Bonchev–Trinajstić information content (AvgIpc) is 2.37. The summed E-state index contributed by atoms with van der Waals surface area (Å²) in [6.45, 7) is 1.98. The highest BCUT2D eigenvalue weighted by atomic mass is 35.5. The van der Waals surface area contributed by atoms with Crippen LogP contribution < -0.4 is 0 Å². The van der Waals surface area contributed by atoms with Crippen molar-refractivity contribution in [1.82, 2.24) is 4.98 Å². The number of halogens is 4. The van der Waals surface area contributed by atoms with Gasteiger partial charge in [0.05, 0.1) is 11.3 Å². The maximum Gasteiger partial charge on any atom is 0.416 e. The van der Waals surface area contributed by atoms with Crippen LogP contribution in [0.5, 0.6) is 0 Å². The number of rotatable bonds is 2. The highest BCUT2D eigenvalue weighted by Crippen LogP contribution is 2.33. The van der Waals surface area contributed by atoms with Crippen molar-refractivity contribution in [3.63, 3.8) is 0 Å². The van der Waals surface area contributed by atoms with E-state index in [0.29, 0.717) is 5.56 Å². The van der Waals surface area contributed by atoms with Crippen LogP contribution in [-0.4, -0.2) is 4.98 Å². The minimum absolute atomic E-state index is 0.160. The third kappa shape index (κ3) is 3.26. The summed E-state index contributed by atoms with van der Waals surface area (Å²) in [6.07, 6.45) is -3.62. The molecule has 1 nitrogen and oxygen atoms in total. The molecule has 0 aliphatic heterocycles. The lowest BCUT2D eigenvalue weighted by atomic mass is 10.0. The van der Waals surface area contributed by atoms with E-state index in [0.717, 1.165) is 24.1 Å². The average molecular weight is 286 g/mol. The van der Waals surface area contributed by atoms with Gasteiger partial charge in [-0.1, -0.05) is 36.7 Å². The van der Waals surface area contributed by atoms with Gasteiger partial charge in [-0.3, -0.25) is 0 Å². The van der Waals surface area contributed by atoms with E-state index in [9.17, 15) is 13.2 Å². The molecule has 0 spiro atoms. The van der Waals surface area contributed by atoms with E-state index < -0.39 is 11.7 Å². The minimum Gasteiger partial charge on any atom is -0.236 e. The van der Waals surface area contributed by atoms with Crippen molar-refractivity contribution in [1.29, 1.82) is 0 Å². The first kappa shape index (κ1) is 13.9. The third-order valence-corrected chi connectivity index (χ3v) is 2.95. The first-order valence-electron chi connectivity index (χ1n) is 5.74. The zero-order valence-corrected chi connectivity index (χ0v) is 10.9. The zero-order chi connectivity index (χ0) is 14.0. The van der Waals surface area contributed by atoms with Crippen molar-refractivity contribution >= 4 is 11.6 Å². The van der Waals surface area contributed by atoms with Gasteiger partial charge in [0, 0.05) is 5.56 Å². The quantitative estimate of drug-likeness (QED) is 0.709. The van der Waals surface area contributed by atoms with Crippen molar-refractivity contribution in [2.24, 2.45) is 0 Å². The van der Waals surface area contributed by atoms with Crippen LogP contribution in [0, 0.1) is 0 Å². The Labute approximate surface area is 114 Å². The summed E-state index contributed by atoms with van der Waals surface area (Å²) >= 11 is 5.67. The van der Waals surface area contributed by atoms with E-state index in [1.54, 1.807) is 12.1 Å². The highest BCUT2D eigenvalue weighted by molar-refractivity contribution is 6.29. The molecule has 0 N–H and O–H groups in total. The Morgan fingerprint density at radius 3 is 2.53 bits per heavy atom. The summed E-state index contributed by atoms with van der Waals surface area (Å²) in [5.74, 6) is 0. The molecule has 5 heteroatoms. The smallest absolute Gasteiger partial charge is 0.236 e. The molecule has 0 bridgehead atoms. The molecule has 0 saturated carbocycles. The van der Waals surface area contributed by atoms with Gasteiger partial charge in [-0.2, -0.15) is 13.2 Å². The van der Waals surface area contributed by atoms with Gasteiger partial charge in [0.1, 0.15) is 5.15 Å². The largest absolute Gasteiger partial charge is 0.416 e. The predicted octanol–water partition coefficient (Wildman–Crippen LogP) is 4.98. The van der Waals surface area contributed by atoms with Crippen LogP contribution in [0.2, 0.25) is 5.15 Å². The van der Waals surface area contributed by atoms with Gasteiger partial charge in [0.25, 0.3) is 0 Å². The van der Waals surface area contributed by atoms with Crippen molar-refractivity contribution in [3.05, 3.63) is 52.7 Å². The molecule has 0 saturated heterocycles. The Hall–Kier alpha value is -1.55. The SMILES string of the molecule is CCc1cccc(-c2cc(C(F)(F)F)cc(Cl)n2)c1. The second kappa shape index (κ2) is 5.21. The second-order valence-electron chi connectivity index (χ2n) is 4.12. The van der Waals surface area contributed by atoms with Gasteiger partial charge in [0.2, 0.25) is 0 Å².